The van der Waals surface area contributed by atoms with Gasteiger partial charge < -0.3 is 19.9 Å². The molecule has 1 amide bonds. The third kappa shape index (κ3) is 5.68. The second kappa shape index (κ2) is 11.1. The molecule has 0 saturated carbocycles. The zero-order valence-corrected chi connectivity index (χ0v) is 19.0. The van der Waals surface area contributed by atoms with Crippen LogP contribution < -0.4 is 5.32 Å². The van der Waals surface area contributed by atoms with Crippen LogP contribution in [0.15, 0.2) is 65.7 Å². The first-order chi connectivity index (χ1) is 15.7. The summed E-state index contributed by atoms with van der Waals surface area (Å²) < 4.78 is 5.44. The highest BCUT2D eigenvalue weighted by atomic mass is 16.5. The van der Waals surface area contributed by atoms with E-state index in [4.69, 9.17) is 4.74 Å². The zero-order valence-electron chi connectivity index (χ0n) is 19.0. The molecule has 2 saturated heterocycles. The Morgan fingerprint density at radius 2 is 1.72 bits per heavy atom. The second-order valence-corrected chi connectivity index (χ2v) is 8.62. The third-order valence-corrected chi connectivity index (χ3v) is 6.45. The summed E-state index contributed by atoms with van der Waals surface area (Å²) in [7, 11) is 1.83. The van der Waals surface area contributed by atoms with E-state index in [0.29, 0.717) is 38.8 Å². The average Bonchev–Trinajstić information content (AvgIpc) is 3.31. The summed E-state index contributed by atoms with van der Waals surface area (Å²) in [6.45, 7) is 5.05. The molecule has 2 heterocycles. The van der Waals surface area contributed by atoms with Gasteiger partial charge in [-0.3, -0.25) is 9.79 Å². The van der Waals surface area contributed by atoms with Gasteiger partial charge in [0.25, 0.3) is 0 Å². The van der Waals surface area contributed by atoms with Crippen molar-refractivity contribution in [3.63, 3.8) is 0 Å². The third-order valence-electron chi connectivity index (χ3n) is 6.45. The molecule has 6 nitrogen and oxygen atoms in total. The van der Waals surface area contributed by atoms with Crippen molar-refractivity contribution >= 4 is 11.9 Å². The van der Waals surface area contributed by atoms with Gasteiger partial charge in [0.2, 0.25) is 5.91 Å². The molecule has 4 rings (SSSR count). The first kappa shape index (κ1) is 22.3. The van der Waals surface area contributed by atoms with Crippen molar-refractivity contribution in [1.82, 2.24) is 15.1 Å². The number of nitrogens with one attached hydrogen (secondary N) is 1. The van der Waals surface area contributed by atoms with Gasteiger partial charge in [-0.2, -0.15) is 0 Å². The number of benzene rings is 2. The van der Waals surface area contributed by atoms with Gasteiger partial charge >= 0.3 is 0 Å². The van der Waals surface area contributed by atoms with Crippen molar-refractivity contribution in [1.29, 1.82) is 0 Å². The van der Waals surface area contributed by atoms with Crippen molar-refractivity contribution in [2.75, 3.05) is 53.0 Å². The van der Waals surface area contributed by atoms with E-state index in [2.05, 4.69) is 45.5 Å². The normalized spacial score (nSPS) is 20.3. The van der Waals surface area contributed by atoms with E-state index >= 15 is 0 Å². The van der Waals surface area contributed by atoms with Crippen LogP contribution in [-0.2, 0) is 16.0 Å². The first-order valence-corrected chi connectivity index (χ1v) is 11.7. The van der Waals surface area contributed by atoms with Crippen molar-refractivity contribution in [3.8, 4) is 0 Å². The highest BCUT2D eigenvalue weighted by molar-refractivity contribution is 5.86. The van der Waals surface area contributed by atoms with E-state index in [-0.39, 0.29) is 11.8 Å². The van der Waals surface area contributed by atoms with Crippen LogP contribution in [0.5, 0.6) is 0 Å². The van der Waals surface area contributed by atoms with Crippen LogP contribution in [0, 0.1) is 5.92 Å². The largest absolute Gasteiger partial charge is 0.378 e. The summed E-state index contributed by atoms with van der Waals surface area (Å²) in [5.74, 6) is 1.42. The molecule has 32 heavy (non-hydrogen) atoms. The number of aliphatic imine (C=N–C) groups is 1. The number of rotatable bonds is 6. The molecular formula is C26H34N4O2. The lowest BCUT2D eigenvalue weighted by Gasteiger charge is -2.31. The predicted molar refractivity (Wildman–Crippen MR) is 128 cm³/mol. The summed E-state index contributed by atoms with van der Waals surface area (Å²) in [6, 6.07) is 20.8. The Morgan fingerprint density at radius 1 is 1.03 bits per heavy atom. The number of carbonyl (C=O) groups is 1. The summed E-state index contributed by atoms with van der Waals surface area (Å²) in [5.41, 5.74) is 2.43. The van der Waals surface area contributed by atoms with Crippen LogP contribution in [0.2, 0.25) is 0 Å². The fourth-order valence-electron chi connectivity index (χ4n) is 4.70. The first-order valence-electron chi connectivity index (χ1n) is 11.7. The minimum absolute atomic E-state index is 0.158. The second-order valence-electron chi connectivity index (χ2n) is 8.62. The van der Waals surface area contributed by atoms with E-state index in [1.54, 1.807) is 0 Å². The molecular weight excluding hydrogens is 400 g/mol. The Hall–Kier alpha value is -2.86. The lowest BCUT2D eigenvalue weighted by atomic mass is 9.97. The van der Waals surface area contributed by atoms with Crippen LogP contribution >= 0.6 is 0 Å². The fourth-order valence-corrected chi connectivity index (χ4v) is 4.70. The molecule has 1 N–H and O–H groups in total. The van der Waals surface area contributed by atoms with Crippen molar-refractivity contribution < 1.29 is 9.53 Å². The fraction of sp³-hybridized carbons (Fsp3) is 0.462. The molecule has 0 aliphatic carbocycles. The molecule has 2 atom stereocenters. The van der Waals surface area contributed by atoms with Gasteiger partial charge in [0.15, 0.2) is 5.96 Å². The zero-order chi connectivity index (χ0) is 22.2. The van der Waals surface area contributed by atoms with Gasteiger partial charge in [-0.05, 0) is 29.9 Å². The number of morpholine rings is 1. The number of nitrogens with zero attached hydrogens (tertiary/aromatic N) is 3. The molecule has 0 aromatic heterocycles. The highest BCUT2D eigenvalue weighted by Crippen LogP contribution is 2.22. The summed E-state index contributed by atoms with van der Waals surface area (Å²) in [4.78, 5) is 22.1. The number of hydrogen-bond acceptors (Lipinski definition) is 3. The minimum atomic E-state index is -0.242. The van der Waals surface area contributed by atoms with Crippen LogP contribution in [0.25, 0.3) is 0 Å². The number of ether oxygens (including phenoxy) is 1. The molecule has 0 bridgehead atoms. The summed E-state index contributed by atoms with van der Waals surface area (Å²) >= 11 is 0. The summed E-state index contributed by atoms with van der Waals surface area (Å²) in [5, 5.41) is 3.51. The molecule has 6 heteroatoms. The Bertz CT molecular complexity index is 881. The van der Waals surface area contributed by atoms with Crippen LogP contribution in [-0.4, -0.2) is 74.7 Å². The van der Waals surface area contributed by atoms with Gasteiger partial charge in [0.05, 0.1) is 19.1 Å². The van der Waals surface area contributed by atoms with E-state index in [9.17, 15) is 4.79 Å². The SMILES string of the molecule is CN=C(NCC(C(=O)N1CCOCC1)c1ccccc1)N1CCC(Cc2ccccc2)C1. The number of carbonyl (C=O) groups excluding carboxylic acids is 1. The van der Waals surface area contributed by atoms with Crippen LogP contribution in [0.4, 0.5) is 0 Å². The molecule has 2 fully saturated rings. The van der Waals surface area contributed by atoms with Gasteiger partial charge in [-0.15, -0.1) is 0 Å². The minimum Gasteiger partial charge on any atom is -0.378 e. The Labute approximate surface area is 191 Å². The molecule has 2 aromatic carbocycles. The monoisotopic (exact) mass is 434 g/mol. The maximum absolute atomic E-state index is 13.4. The number of guanidine groups is 1. The van der Waals surface area contributed by atoms with E-state index in [1.165, 1.54) is 5.56 Å². The summed E-state index contributed by atoms with van der Waals surface area (Å²) in [6.07, 6.45) is 2.25. The topological polar surface area (TPSA) is 57.2 Å². The lowest BCUT2D eigenvalue weighted by Crippen LogP contribution is -2.47. The van der Waals surface area contributed by atoms with Crippen LogP contribution in [0.1, 0.15) is 23.5 Å². The molecule has 170 valence electrons. The van der Waals surface area contributed by atoms with Gasteiger partial charge in [0, 0.05) is 39.8 Å². The molecule has 2 unspecified atom stereocenters. The smallest absolute Gasteiger partial charge is 0.232 e. The van der Waals surface area contributed by atoms with Crippen molar-refractivity contribution in [2.24, 2.45) is 10.9 Å². The highest BCUT2D eigenvalue weighted by Gasteiger charge is 2.29. The average molecular weight is 435 g/mol. The maximum atomic E-state index is 13.4. The molecule has 0 radical (unpaired) electrons. The number of hydrogen-bond donors (Lipinski definition) is 1. The number of amides is 1. The van der Waals surface area contributed by atoms with Crippen molar-refractivity contribution in [3.05, 3.63) is 71.8 Å². The molecule has 2 aliphatic rings. The Kier molecular flexibility index (Phi) is 7.77. The Balaban J connectivity index is 1.38. The molecule has 2 aromatic rings. The maximum Gasteiger partial charge on any atom is 0.232 e. The molecule has 2 aliphatic heterocycles. The lowest BCUT2D eigenvalue weighted by molar-refractivity contribution is -0.136. The van der Waals surface area contributed by atoms with E-state index in [0.717, 1.165) is 37.5 Å². The van der Waals surface area contributed by atoms with Gasteiger partial charge in [-0.1, -0.05) is 60.7 Å². The van der Waals surface area contributed by atoms with Crippen molar-refractivity contribution in [2.45, 2.75) is 18.8 Å². The van der Waals surface area contributed by atoms with Crippen LogP contribution in [0.3, 0.4) is 0 Å². The molecule has 0 spiro atoms. The standard InChI is InChI=1S/C26H34N4O2/c1-27-26(30-13-12-22(20-30)18-21-8-4-2-5-9-21)28-19-24(23-10-6-3-7-11-23)25(31)29-14-16-32-17-15-29/h2-11,22,24H,12-20H2,1H3,(H,27,28). The predicted octanol–water partition coefficient (Wildman–Crippen LogP) is 2.77. The Morgan fingerprint density at radius 3 is 2.41 bits per heavy atom. The van der Waals surface area contributed by atoms with E-state index < -0.39 is 0 Å². The van der Waals surface area contributed by atoms with Gasteiger partial charge in [-0.25, -0.2) is 0 Å². The van der Waals surface area contributed by atoms with Gasteiger partial charge in [0.1, 0.15) is 0 Å². The quantitative estimate of drug-likeness (QED) is 0.561. The van der Waals surface area contributed by atoms with E-state index in [1.807, 2.05) is 42.3 Å². The number of likely N-dealkylation sites (tertiary alicyclic amines) is 1.